The molecule has 3 aromatic rings. The maximum Gasteiger partial charge on any atom is 0.242 e. The number of benzene rings is 3. The molecule has 0 aliphatic carbocycles. The first-order valence-electron chi connectivity index (χ1n) is 10.3. The molecule has 2 amide bonds. The van der Waals surface area contributed by atoms with Crippen LogP contribution in [0.5, 0.6) is 0 Å². The van der Waals surface area contributed by atoms with Gasteiger partial charge in [-0.15, -0.1) is 0 Å². The first-order chi connectivity index (χ1) is 15.6. The van der Waals surface area contributed by atoms with Crippen LogP contribution in [0.4, 0.5) is 11.4 Å². The standard InChI is InChI=1S/C26H18N4O2/c27-16-26(17-28)22-21(24(31)29(25(22)32)19-12-6-2-7-13-19)23(18-10-4-1-5-11-18)30(26)20-14-8-3-9-15-20/h1-15,21-23H/t21-,22-,23?/m0/s1. The van der Waals surface area contributed by atoms with E-state index < -0.39 is 35.2 Å². The second-order valence-electron chi connectivity index (χ2n) is 7.90. The van der Waals surface area contributed by atoms with E-state index in [2.05, 4.69) is 12.1 Å². The molecule has 1 unspecified atom stereocenters. The zero-order chi connectivity index (χ0) is 22.3. The van der Waals surface area contributed by atoms with Crippen molar-refractivity contribution in [2.24, 2.45) is 11.8 Å². The van der Waals surface area contributed by atoms with Crippen LogP contribution in [0.15, 0.2) is 91.0 Å². The lowest BCUT2D eigenvalue weighted by molar-refractivity contribution is -0.123. The van der Waals surface area contributed by atoms with Crippen molar-refractivity contribution in [3.8, 4) is 12.1 Å². The van der Waals surface area contributed by atoms with E-state index in [4.69, 9.17) is 0 Å². The summed E-state index contributed by atoms with van der Waals surface area (Å²) in [6, 6.07) is 30.6. The molecule has 2 fully saturated rings. The molecule has 6 nitrogen and oxygen atoms in total. The Balaban J connectivity index is 1.76. The van der Waals surface area contributed by atoms with Gasteiger partial charge in [-0.05, 0) is 29.8 Å². The van der Waals surface area contributed by atoms with Crippen LogP contribution in [0.1, 0.15) is 11.6 Å². The third-order valence-corrected chi connectivity index (χ3v) is 6.33. The van der Waals surface area contributed by atoms with E-state index in [0.717, 1.165) is 10.5 Å². The van der Waals surface area contributed by atoms with Crippen molar-refractivity contribution in [2.45, 2.75) is 11.6 Å². The highest BCUT2D eigenvalue weighted by Gasteiger charge is 2.70. The second-order valence-corrected chi connectivity index (χ2v) is 7.90. The average molecular weight is 418 g/mol. The van der Waals surface area contributed by atoms with Crippen molar-refractivity contribution in [1.82, 2.24) is 0 Å². The van der Waals surface area contributed by atoms with Gasteiger partial charge in [-0.3, -0.25) is 9.59 Å². The van der Waals surface area contributed by atoms with E-state index in [1.165, 1.54) is 0 Å². The zero-order valence-corrected chi connectivity index (χ0v) is 17.0. The van der Waals surface area contributed by atoms with Gasteiger partial charge in [-0.25, -0.2) is 4.90 Å². The first kappa shape index (κ1) is 19.5. The molecule has 0 saturated carbocycles. The Bertz CT molecular complexity index is 1250. The van der Waals surface area contributed by atoms with Crippen LogP contribution in [-0.4, -0.2) is 17.4 Å². The normalized spacial score (nSPS) is 23.5. The van der Waals surface area contributed by atoms with E-state index in [1.54, 1.807) is 47.4 Å². The zero-order valence-electron chi connectivity index (χ0n) is 17.0. The average Bonchev–Trinajstić information content (AvgIpc) is 3.30. The number of nitrogens with zero attached hydrogens (tertiary/aromatic N) is 4. The summed E-state index contributed by atoms with van der Waals surface area (Å²) in [7, 11) is 0. The van der Waals surface area contributed by atoms with Crippen molar-refractivity contribution in [3.05, 3.63) is 96.6 Å². The molecule has 32 heavy (non-hydrogen) atoms. The van der Waals surface area contributed by atoms with Crippen LogP contribution in [-0.2, 0) is 9.59 Å². The quantitative estimate of drug-likeness (QED) is 0.603. The summed E-state index contributed by atoms with van der Waals surface area (Å²) in [5, 5.41) is 20.6. The maximum absolute atomic E-state index is 13.7. The fourth-order valence-electron chi connectivity index (χ4n) is 5.04. The summed E-state index contributed by atoms with van der Waals surface area (Å²) < 4.78 is 0. The fraction of sp³-hybridized carbons (Fsp3) is 0.154. The molecule has 2 aliphatic heterocycles. The summed E-state index contributed by atoms with van der Waals surface area (Å²) in [5.74, 6) is -2.90. The molecule has 0 bridgehead atoms. The highest BCUT2D eigenvalue weighted by Crippen LogP contribution is 2.56. The first-order valence-corrected chi connectivity index (χ1v) is 10.3. The van der Waals surface area contributed by atoms with Gasteiger partial charge in [0.2, 0.25) is 17.4 Å². The summed E-state index contributed by atoms with van der Waals surface area (Å²) in [5.41, 5.74) is 0.00302. The van der Waals surface area contributed by atoms with E-state index in [1.807, 2.05) is 48.5 Å². The van der Waals surface area contributed by atoms with Gasteiger partial charge in [0.25, 0.3) is 0 Å². The smallest absolute Gasteiger partial charge is 0.242 e. The summed E-state index contributed by atoms with van der Waals surface area (Å²) in [6.45, 7) is 0. The molecule has 154 valence electrons. The molecule has 2 heterocycles. The van der Waals surface area contributed by atoms with Crippen LogP contribution < -0.4 is 9.80 Å². The molecule has 3 atom stereocenters. The molecule has 2 saturated heterocycles. The molecule has 0 spiro atoms. The Kier molecular flexibility index (Phi) is 4.50. The van der Waals surface area contributed by atoms with Gasteiger partial charge in [0.15, 0.2) is 0 Å². The Morgan fingerprint density at radius 3 is 1.72 bits per heavy atom. The molecule has 0 N–H and O–H groups in total. The SMILES string of the molecule is N#CC1(C#N)[C@@H]2C(=O)N(c3ccccc3)C(=O)[C@@H]2C(c2ccccc2)N1c1ccccc1. The topological polar surface area (TPSA) is 88.2 Å². The molecule has 3 aromatic carbocycles. The van der Waals surface area contributed by atoms with E-state index in [0.29, 0.717) is 11.4 Å². The maximum atomic E-state index is 13.7. The Labute approximate surface area is 185 Å². The Morgan fingerprint density at radius 2 is 1.19 bits per heavy atom. The number of fused-ring (bicyclic) bond motifs is 1. The van der Waals surface area contributed by atoms with Gasteiger partial charge in [0.1, 0.15) is 18.1 Å². The van der Waals surface area contributed by atoms with Crippen LogP contribution in [0.25, 0.3) is 0 Å². The highest BCUT2D eigenvalue weighted by molar-refractivity contribution is 6.24. The monoisotopic (exact) mass is 418 g/mol. The number of imide groups is 1. The summed E-state index contributed by atoms with van der Waals surface area (Å²) >= 11 is 0. The number of carbonyl (C=O) groups excluding carboxylic acids is 2. The summed E-state index contributed by atoms with van der Waals surface area (Å²) in [6.07, 6.45) is 0. The fourth-order valence-corrected chi connectivity index (χ4v) is 5.04. The number of hydrogen-bond acceptors (Lipinski definition) is 5. The van der Waals surface area contributed by atoms with E-state index in [-0.39, 0.29) is 0 Å². The van der Waals surface area contributed by atoms with Gasteiger partial charge in [-0.2, -0.15) is 10.5 Å². The van der Waals surface area contributed by atoms with Crippen molar-refractivity contribution in [2.75, 3.05) is 9.80 Å². The van der Waals surface area contributed by atoms with Gasteiger partial charge in [0, 0.05) is 5.69 Å². The third kappa shape index (κ3) is 2.57. The Hall–Kier alpha value is -4.42. The predicted molar refractivity (Wildman–Crippen MR) is 118 cm³/mol. The molecule has 5 rings (SSSR count). The molecule has 2 aliphatic rings. The van der Waals surface area contributed by atoms with Crippen molar-refractivity contribution >= 4 is 23.2 Å². The Morgan fingerprint density at radius 1 is 0.688 bits per heavy atom. The molecular weight excluding hydrogens is 400 g/mol. The lowest BCUT2D eigenvalue weighted by Gasteiger charge is -2.36. The van der Waals surface area contributed by atoms with Gasteiger partial charge < -0.3 is 4.90 Å². The van der Waals surface area contributed by atoms with Gasteiger partial charge in [0.05, 0.1) is 17.6 Å². The van der Waals surface area contributed by atoms with Crippen LogP contribution in [0.2, 0.25) is 0 Å². The second kappa shape index (κ2) is 7.37. The number of carbonyl (C=O) groups is 2. The number of para-hydroxylation sites is 2. The van der Waals surface area contributed by atoms with Gasteiger partial charge >= 0.3 is 0 Å². The van der Waals surface area contributed by atoms with Crippen molar-refractivity contribution in [3.63, 3.8) is 0 Å². The molecular formula is C26H18N4O2. The summed E-state index contributed by atoms with van der Waals surface area (Å²) in [4.78, 5) is 30.2. The van der Waals surface area contributed by atoms with Crippen molar-refractivity contribution < 1.29 is 9.59 Å². The number of rotatable bonds is 3. The number of nitriles is 2. The minimum atomic E-state index is -1.83. The number of hydrogen-bond donors (Lipinski definition) is 0. The van der Waals surface area contributed by atoms with E-state index in [9.17, 15) is 20.1 Å². The molecule has 6 heteroatoms. The van der Waals surface area contributed by atoms with Crippen LogP contribution in [0.3, 0.4) is 0 Å². The molecule has 0 aromatic heterocycles. The largest absolute Gasteiger partial charge is 0.333 e. The van der Waals surface area contributed by atoms with Crippen LogP contribution >= 0.6 is 0 Å². The van der Waals surface area contributed by atoms with Crippen LogP contribution in [0, 0.1) is 34.5 Å². The lowest BCUT2D eigenvalue weighted by Crippen LogP contribution is -2.51. The third-order valence-electron chi connectivity index (χ3n) is 6.33. The minimum absolute atomic E-state index is 0.395. The van der Waals surface area contributed by atoms with Crippen molar-refractivity contribution in [1.29, 1.82) is 10.5 Å². The van der Waals surface area contributed by atoms with Gasteiger partial charge in [-0.1, -0.05) is 66.7 Å². The highest BCUT2D eigenvalue weighted by atomic mass is 16.2. The van der Waals surface area contributed by atoms with E-state index >= 15 is 0 Å². The minimum Gasteiger partial charge on any atom is -0.333 e. The number of amides is 2. The predicted octanol–water partition coefficient (Wildman–Crippen LogP) is 3.84. The number of anilines is 2. The lowest BCUT2D eigenvalue weighted by atomic mass is 9.81. The molecule has 0 radical (unpaired) electrons.